The second-order valence-corrected chi connectivity index (χ2v) is 6.23. The van der Waals surface area contributed by atoms with Crippen LogP contribution in [0.15, 0.2) is 60.0 Å². The van der Waals surface area contributed by atoms with Crippen molar-refractivity contribution in [2.75, 3.05) is 12.4 Å². The topological polar surface area (TPSA) is 94.4 Å². The smallest absolute Gasteiger partial charge is 0.276 e. The van der Waals surface area contributed by atoms with Gasteiger partial charge in [-0.3, -0.25) is 20.2 Å². The molecular formula is C19H15N3O4S. The van der Waals surface area contributed by atoms with Gasteiger partial charge in [0.05, 0.1) is 23.3 Å². The van der Waals surface area contributed by atoms with Crippen LogP contribution < -0.4 is 10.1 Å². The number of nitro benzene ring substituents is 1. The molecule has 136 valence electrons. The minimum absolute atomic E-state index is 0.0609. The number of anilines is 1. The molecule has 0 aliphatic rings. The Labute approximate surface area is 159 Å². The average molecular weight is 381 g/mol. The second kappa shape index (κ2) is 8.24. The van der Waals surface area contributed by atoms with E-state index in [1.54, 1.807) is 25.3 Å². The third-order valence-corrected chi connectivity index (χ3v) is 4.42. The van der Waals surface area contributed by atoms with Gasteiger partial charge in [0.15, 0.2) is 5.13 Å². The molecule has 2 aromatic carbocycles. The number of hydrogen-bond acceptors (Lipinski definition) is 6. The van der Waals surface area contributed by atoms with E-state index in [4.69, 9.17) is 4.74 Å². The summed E-state index contributed by atoms with van der Waals surface area (Å²) in [6, 6.07) is 13.7. The van der Waals surface area contributed by atoms with Crippen molar-refractivity contribution in [2.45, 2.75) is 0 Å². The molecule has 0 bridgehead atoms. The van der Waals surface area contributed by atoms with Crippen molar-refractivity contribution in [1.29, 1.82) is 0 Å². The Morgan fingerprint density at radius 2 is 1.96 bits per heavy atom. The highest BCUT2D eigenvalue weighted by Crippen LogP contribution is 2.31. The van der Waals surface area contributed by atoms with Crippen molar-refractivity contribution in [2.24, 2.45) is 0 Å². The molecule has 3 aromatic rings. The summed E-state index contributed by atoms with van der Waals surface area (Å²) in [5.74, 6) is 0.269. The van der Waals surface area contributed by atoms with Gasteiger partial charge in [0.2, 0.25) is 5.91 Å². The highest BCUT2D eigenvalue weighted by molar-refractivity contribution is 7.14. The SMILES string of the molecule is COc1ccccc1-c1csc(NC(=O)/C=C/c2ccccc2[N+](=O)[O-])n1. The number of aromatic nitrogens is 1. The lowest BCUT2D eigenvalue weighted by molar-refractivity contribution is -0.385. The maximum atomic E-state index is 12.1. The molecule has 27 heavy (non-hydrogen) atoms. The van der Waals surface area contributed by atoms with Crippen molar-refractivity contribution < 1.29 is 14.5 Å². The van der Waals surface area contributed by atoms with Gasteiger partial charge in [-0.05, 0) is 24.3 Å². The minimum Gasteiger partial charge on any atom is -0.496 e. The molecule has 1 aromatic heterocycles. The number of hydrogen-bond donors (Lipinski definition) is 1. The number of methoxy groups -OCH3 is 1. The first-order valence-electron chi connectivity index (χ1n) is 7.90. The fourth-order valence-electron chi connectivity index (χ4n) is 2.42. The summed E-state index contributed by atoms with van der Waals surface area (Å²) in [6.07, 6.45) is 2.65. The lowest BCUT2D eigenvalue weighted by Crippen LogP contribution is -2.07. The largest absolute Gasteiger partial charge is 0.496 e. The maximum absolute atomic E-state index is 12.1. The molecule has 0 spiro atoms. The van der Waals surface area contributed by atoms with Gasteiger partial charge in [0, 0.05) is 23.1 Å². The van der Waals surface area contributed by atoms with Crippen LogP contribution in [0.25, 0.3) is 17.3 Å². The highest BCUT2D eigenvalue weighted by Gasteiger charge is 2.12. The van der Waals surface area contributed by atoms with Crippen molar-refractivity contribution in [3.63, 3.8) is 0 Å². The molecule has 1 N–H and O–H groups in total. The third kappa shape index (κ3) is 4.36. The van der Waals surface area contributed by atoms with E-state index in [2.05, 4.69) is 10.3 Å². The Kier molecular flexibility index (Phi) is 5.58. The van der Waals surface area contributed by atoms with Gasteiger partial charge < -0.3 is 4.74 Å². The number of para-hydroxylation sites is 2. The number of carbonyl (C=O) groups is 1. The lowest BCUT2D eigenvalue weighted by atomic mass is 10.1. The standard InChI is InChI=1S/C19H15N3O4S/c1-26-17-9-5-3-7-14(17)15-12-27-19(20-15)21-18(23)11-10-13-6-2-4-8-16(13)22(24)25/h2-12H,1H3,(H,20,21,23)/b11-10+. The number of nitrogens with zero attached hydrogens (tertiary/aromatic N) is 2. The summed E-state index contributed by atoms with van der Waals surface area (Å²) in [5.41, 5.74) is 1.81. The highest BCUT2D eigenvalue weighted by atomic mass is 32.1. The van der Waals surface area contributed by atoms with Gasteiger partial charge >= 0.3 is 0 Å². The molecule has 8 heteroatoms. The normalized spacial score (nSPS) is 10.7. The Hall–Kier alpha value is -3.52. The van der Waals surface area contributed by atoms with Gasteiger partial charge in [-0.1, -0.05) is 24.3 Å². The summed E-state index contributed by atoms with van der Waals surface area (Å²) >= 11 is 1.28. The molecule has 0 unspecified atom stereocenters. The molecule has 0 aliphatic carbocycles. The Balaban J connectivity index is 1.73. The van der Waals surface area contributed by atoms with Crippen LogP contribution in [0.3, 0.4) is 0 Å². The van der Waals surface area contributed by atoms with Crippen molar-refractivity contribution in [1.82, 2.24) is 4.98 Å². The zero-order valence-corrected chi connectivity index (χ0v) is 15.1. The molecule has 1 amide bonds. The molecule has 7 nitrogen and oxygen atoms in total. The Bertz CT molecular complexity index is 1010. The van der Waals surface area contributed by atoms with Gasteiger partial charge in [0.25, 0.3) is 5.69 Å². The molecule has 0 aliphatic heterocycles. The van der Waals surface area contributed by atoms with Crippen LogP contribution in [0.5, 0.6) is 5.75 Å². The van der Waals surface area contributed by atoms with E-state index in [9.17, 15) is 14.9 Å². The van der Waals surface area contributed by atoms with Crippen LogP contribution in [0.1, 0.15) is 5.56 Å². The van der Waals surface area contributed by atoms with E-state index in [0.29, 0.717) is 22.1 Å². The van der Waals surface area contributed by atoms with Crippen LogP contribution in [0, 0.1) is 10.1 Å². The van der Waals surface area contributed by atoms with Crippen LogP contribution >= 0.6 is 11.3 Å². The fraction of sp³-hybridized carbons (Fsp3) is 0.0526. The second-order valence-electron chi connectivity index (χ2n) is 5.38. The van der Waals surface area contributed by atoms with Crippen molar-refractivity contribution in [3.8, 4) is 17.0 Å². The summed E-state index contributed by atoms with van der Waals surface area (Å²) < 4.78 is 5.32. The van der Waals surface area contributed by atoms with Crippen molar-refractivity contribution in [3.05, 3.63) is 75.7 Å². The number of amides is 1. The third-order valence-electron chi connectivity index (χ3n) is 3.66. The molecule has 0 fully saturated rings. The summed E-state index contributed by atoms with van der Waals surface area (Å²) in [7, 11) is 1.58. The first-order chi connectivity index (χ1) is 13.1. The van der Waals surface area contributed by atoms with Gasteiger partial charge in [-0.2, -0.15) is 0 Å². The lowest BCUT2D eigenvalue weighted by Gasteiger charge is -2.04. The molecule has 1 heterocycles. The molecule has 0 radical (unpaired) electrons. The number of nitrogens with one attached hydrogen (secondary N) is 1. The summed E-state index contributed by atoms with van der Waals surface area (Å²) in [5, 5.41) is 15.9. The number of benzene rings is 2. The monoisotopic (exact) mass is 381 g/mol. The minimum atomic E-state index is -0.488. The average Bonchev–Trinajstić information content (AvgIpc) is 3.14. The summed E-state index contributed by atoms with van der Waals surface area (Å²) in [6.45, 7) is 0. The molecular weight excluding hydrogens is 366 g/mol. The van der Waals surface area contributed by atoms with E-state index in [-0.39, 0.29) is 5.69 Å². The number of rotatable bonds is 6. The first-order valence-corrected chi connectivity index (χ1v) is 8.78. The quantitative estimate of drug-likeness (QED) is 0.388. The predicted molar refractivity (Wildman–Crippen MR) is 105 cm³/mol. The molecule has 0 saturated carbocycles. The van der Waals surface area contributed by atoms with Crippen LogP contribution in [-0.2, 0) is 4.79 Å². The number of nitro groups is 1. The van der Waals surface area contributed by atoms with Crippen LogP contribution in [0.4, 0.5) is 10.8 Å². The molecule has 0 saturated heterocycles. The van der Waals surface area contributed by atoms with E-state index >= 15 is 0 Å². The zero-order chi connectivity index (χ0) is 19.2. The Morgan fingerprint density at radius 1 is 1.22 bits per heavy atom. The van der Waals surface area contributed by atoms with Gasteiger partial charge in [-0.15, -0.1) is 11.3 Å². The first kappa shape index (κ1) is 18.3. The molecule has 0 atom stereocenters. The predicted octanol–water partition coefficient (Wildman–Crippen LogP) is 4.38. The fourth-order valence-corrected chi connectivity index (χ4v) is 3.13. The number of thiazole rings is 1. The number of ether oxygens (including phenoxy) is 1. The van der Waals surface area contributed by atoms with Crippen molar-refractivity contribution >= 4 is 34.1 Å². The zero-order valence-electron chi connectivity index (χ0n) is 14.3. The molecule has 3 rings (SSSR count). The van der Waals surface area contributed by atoms with Crippen LogP contribution in [0.2, 0.25) is 0 Å². The Morgan fingerprint density at radius 3 is 2.74 bits per heavy atom. The van der Waals surface area contributed by atoms with Gasteiger partial charge in [0.1, 0.15) is 5.75 Å². The maximum Gasteiger partial charge on any atom is 0.276 e. The van der Waals surface area contributed by atoms with E-state index in [1.807, 2.05) is 29.6 Å². The summed E-state index contributed by atoms with van der Waals surface area (Å²) in [4.78, 5) is 27.0. The van der Waals surface area contributed by atoms with E-state index in [0.717, 1.165) is 5.56 Å². The van der Waals surface area contributed by atoms with Gasteiger partial charge in [-0.25, -0.2) is 4.98 Å². The van der Waals surface area contributed by atoms with E-state index < -0.39 is 10.8 Å². The number of carbonyl (C=O) groups excluding carboxylic acids is 1. The van der Waals surface area contributed by atoms with E-state index in [1.165, 1.54) is 29.6 Å². The van der Waals surface area contributed by atoms with Crippen LogP contribution in [-0.4, -0.2) is 22.9 Å².